The first-order valence-electron chi connectivity index (χ1n) is 28.7. The largest absolute Gasteiger partial charge is 0.466 e. The highest BCUT2D eigenvalue weighted by Gasteiger charge is 2.44. The number of hydrogen-bond donors (Lipinski definition) is 3. The van der Waals surface area contributed by atoms with E-state index in [4.69, 9.17) is 10.8 Å². The fourth-order valence-electron chi connectivity index (χ4n) is 7.56. The minimum Gasteiger partial charge on any atom is -0.466 e. The summed E-state index contributed by atoms with van der Waals surface area (Å²) in [4.78, 5) is 0. The highest BCUT2D eigenvalue weighted by atomic mass is 19.1. The average Bonchev–Trinajstić information content (AvgIpc) is 1.84. The Bertz CT molecular complexity index is 3730. The monoisotopic (exact) mass is 1130 g/mol. The SMILES string of the molecule is C#Cc1ccc(C)cc1.CC.CC#Cc1ccc(C)cc1.CC#Cc1ccc(C)cc1.Cc1ccc(C#CC(O)(c2ccc(F)cc2)C2CC2)cc1.Cc1ccc(C#CC(O)c2ccc(C)cc2)cc1.Cc1ccc(C#CC(O)c2ccco2)cc1. The zero-order chi connectivity index (χ0) is 62.7. The van der Waals surface area contributed by atoms with Crippen molar-refractivity contribution in [3.63, 3.8) is 0 Å². The van der Waals surface area contributed by atoms with Gasteiger partial charge in [0.2, 0.25) is 0 Å². The Hall–Kier alpha value is -9.79. The molecule has 8 aromatic carbocycles. The first-order valence-corrected chi connectivity index (χ1v) is 28.7. The Kier molecular flexibility index (Phi) is 29.9. The molecule has 4 nitrogen and oxygen atoms in total. The zero-order valence-electron chi connectivity index (χ0n) is 51.6. The lowest BCUT2D eigenvalue weighted by atomic mass is 9.89. The van der Waals surface area contributed by atoms with Gasteiger partial charge in [0.05, 0.1) is 6.26 Å². The number of terminal acetylenes is 1. The van der Waals surface area contributed by atoms with E-state index in [9.17, 15) is 19.7 Å². The Morgan fingerprint density at radius 2 is 0.767 bits per heavy atom. The fourth-order valence-corrected chi connectivity index (χ4v) is 7.56. The van der Waals surface area contributed by atoms with Gasteiger partial charge in [0.15, 0.2) is 11.7 Å². The van der Waals surface area contributed by atoms with Gasteiger partial charge in [0.25, 0.3) is 0 Å². The molecule has 1 aliphatic rings. The van der Waals surface area contributed by atoms with Crippen LogP contribution in [-0.4, -0.2) is 15.3 Å². The van der Waals surface area contributed by atoms with Crippen molar-refractivity contribution >= 4 is 0 Å². The standard InChI is InChI=1S/C19H17FO.C17H16O.C14H12O2.2C10H10.C9H8.C2H6/c1-14-2-4-15(5-3-14)12-13-19(21,16-6-7-16)17-8-10-18(20)11-9-17;1-13-3-7-15(8-4-13)9-12-17(18)16-10-5-14(2)6-11-16;1-11-4-6-12(7-5-11)8-9-13(15)14-3-2-10-16-14;2*1-3-4-10-7-5-9(2)6-8-10;1-3-9-6-4-8(2)5-7-9;1-2/h2-5,8-11,16,21H,6-7H2,1H3;3-8,10-11,17-18H,1-2H3;2-7,10,13,15H,1H3;2*5-8H,1-2H3;1,4-7H,2H3;1-2H3. The van der Waals surface area contributed by atoms with Crippen LogP contribution in [0.2, 0.25) is 0 Å². The molecule has 1 saturated carbocycles. The smallest absolute Gasteiger partial charge is 0.173 e. The van der Waals surface area contributed by atoms with Gasteiger partial charge in [-0.1, -0.05) is 215 Å². The van der Waals surface area contributed by atoms with Gasteiger partial charge >= 0.3 is 0 Å². The van der Waals surface area contributed by atoms with E-state index in [0.717, 1.165) is 51.8 Å². The predicted octanol–water partition coefficient (Wildman–Crippen LogP) is 17.6. The number of rotatable bonds is 4. The highest BCUT2D eigenvalue weighted by molar-refractivity contribution is 5.44. The van der Waals surface area contributed by atoms with Crippen molar-refractivity contribution in [1.82, 2.24) is 0 Å². The lowest BCUT2D eigenvalue weighted by Gasteiger charge is -2.22. The summed E-state index contributed by atoms with van der Waals surface area (Å²) in [5, 5.41) is 30.5. The first kappa shape index (κ1) is 68.7. The van der Waals surface area contributed by atoms with Crippen LogP contribution in [0.15, 0.2) is 217 Å². The summed E-state index contributed by atoms with van der Waals surface area (Å²) in [5.74, 6) is 32.1. The summed E-state index contributed by atoms with van der Waals surface area (Å²) in [6, 6.07) is 65.2. The van der Waals surface area contributed by atoms with Gasteiger partial charge in [-0.25, -0.2) is 4.39 Å². The zero-order valence-corrected chi connectivity index (χ0v) is 51.6. The Morgan fingerprint density at radius 1 is 0.442 bits per heavy atom. The molecule has 3 N–H and O–H groups in total. The number of halogens is 1. The second-order valence-corrected chi connectivity index (χ2v) is 20.2. The molecule has 3 atom stereocenters. The molecule has 1 fully saturated rings. The van der Waals surface area contributed by atoms with Crippen molar-refractivity contribution in [3.05, 3.63) is 308 Å². The lowest BCUT2D eigenvalue weighted by Crippen LogP contribution is -2.26. The van der Waals surface area contributed by atoms with Gasteiger partial charge in [-0.3, -0.25) is 0 Å². The Morgan fingerprint density at radius 3 is 1.09 bits per heavy atom. The van der Waals surface area contributed by atoms with E-state index in [2.05, 4.69) is 103 Å². The maximum absolute atomic E-state index is 13.1. The quantitative estimate of drug-likeness (QED) is 0.154. The molecule has 434 valence electrons. The van der Waals surface area contributed by atoms with Crippen molar-refractivity contribution in [3.8, 4) is 71.5 Å². The molecule has 3 unspecified atom stereocenters. The molecule has 0 radical (unpaired) electrons. The van der Waals surface area contributed by atoms with Crippen LogP contribution >= 0.6 is 0 Å². The van der Waals surface area contributed by atoms with Gasteiger partial charge in [-0.15, -0.1) is 18.3 Å². The summed E-state index contributed by atoms with van der Waals surface area (Å²) in [6.07, 6.45) is 6.99. The van der Waals surface area contributed by atoms with Crippen molar-refractivity contribution in [1.29, 1.82) is 0 Å². The number of benzene rings is 8. The van der Waals surface area contributed by atoms with Crippen LogP contribution in [0.3, 0.4) is 0 Å². The second kappa shape index (κ2) is 37.4. The lowest BCUT2D eigenvalue weighted by molar-refractivity contribution is 0.0756. The number of aryl methyl sites for hydroxylation is 7. The number of aliphatic hydroxyl groups is 3. The van der Waals surface area contributed by atoms with E-state index >= 15 is 0 Å². The van der Waals surface area contributed by atoms with Crippen molar-refractivity contribution in [2.45, 2.75) is 107 Å². The maximum Gasteiger partial charge on any atom is 0.173 e. The fraction of sp³-hybridized carbons (Fsp3) is 0.210. The molecule has 0 aliphatic heterocycles. The van der Waals surface area contributed by atoms with E-state index in [1.807, 2.05) is 208 Å². The third-order valence-corrected chi connectivity index (χ3v) is 12.8. The van der Waals surface area contributed by atoms with Gasteiger partial charge < -0.3 is 19.7 Å². The molecule has 1 heterocycles. The first-order chi connectivity index (χ1) is 41.5. The van der Waals surface area contributed by atoms with Gasteiger partial charge in [-0.2, -0.15) is 0 Å². The van der Waals surface area contributed by atoms with E-state index < -0.39 is 17.8 Å². The summed E-state index contributed by atoms with van der Waals surface area (Å²) in [7, 11) is 0. The minimum absolute atomic E-state index is 0.140. The Balaban J connectivity index is 0.000000226. The van der Waals surface area contributed by atoms with Gasteiger partial charge in [0, 0.05) is 39.3 Å². The van der Waals surface area contributed by atoms with E-state index in [1.54, 1.807) is 24.3 Å². The molecule has 0 amide bonds. The molecule has 1 aliphatic carbocycles. The van der Waals surface area contributed by atoms with Crippen LogP contribution in [0, 0.1) is 132 Å². The topological polar surface area (TPSA) is 73.8 Å². The van der Waals surface area contributed by atoms with Crippen LogP contribution in [0.25, 0.3) is 0 Å². The van der Waals surface area contributed by atoms with Crippen LogP contribution in [0.4, 0.5) is 4.39 Å². The van der Waals surface area contributed by atoms with Crippen LogP contribution in [0.1, 0.15) is 142 Å². The summed E-state index contributed by atoms with van der Waals surface area (Å²) in [5.41, 5.74) is 14.7. The van der Waals surface area contributed by atoms with E-state index in [0.29, 0.717) is 11.3 Å². The highest BCUT2D eigenvalue weighted by Crippen LogP contribution is 2.45. The van der Waals surface area contributed by atoms with Crippen LogP contribution in [-0.2, 0) is 5.60 Å². The number of furan rings is 1. The van der Waals surface area contributed by atoms with E-state index in [-0.39, 0.29) is 11.7 Å². The van der Waals surface area contributed by atoms with Crippen LogP contribution < -0.4 is 0 Å². The molecule has 0 spiro atoms. The molecule has 9 aromatic rings. The minimum atomic E-state index is -1.18. The third-order valence-electron chi connectivity index (χ3n) is 12.8. The average molecular weight is 1140 g/mol. The van der Waals surface area contributed by atoms with Crippen molar-refractivity contribution in [2.24, 2.45) is 5.92 Å². The Labute approximate surface area is 513 Å². The molecule has 86 heavy (non-hydrogen) atoms. The normalized spacial score (nSPS) is 11.5. The molecule has 10 rings (SSSR count). The molecule has 1 aromatic heterocycles. The van der Waals surface area contributed by atoms with Gasteiger partial charge in [-0.05, 0) is 183 Å². The molecular formula is C81H79FO4. The number of aliphatic hydroxyl groups excluding tert-OH is 2. The number of hydrogen-bond acceptors (Lipinski definition) is 4. The summed E-state index contributed by atoms with van der Waals surface area (Å²) >= 11 is 0. The summed E-state index contributed by atoms with van der Waals surface area (Å²) in [6.45, 7) is 22.0. The van der Waals surface area contributed by atoms with Crippen molar-refractivity contribution in [2.75, 3.05) is 0 Å². The molecule has 0 bridgehead atoms. The van der Waals surface area contributed by atoms with E-state index in [1.165, 1.54) is 57.3 Å². The van der Waals surface area contributed by atoms with Crippen molar-refractivity contribution < 1.29 is 24.1 Å². The maximum atomic E-state index is 13.1. The predicted molar refractivity (Wildman–Crippen MR) is 355 cm³/mol. The van der Waals surface area contributed by atoms with Gasteiger partial charge in [0.1, 0.15) is 17.7 Å². The molecule has 5 heteroatoms. The molecular weight excluding hydrogens is 1060 g/mol. The second-order valence-electron chi connectivity index (χ2n) is 20.2. The van der Waals surface area contributed by atoms with Crippen LogP contribution in [0.5, 0.6) is 0 Å². The molecule has 0 saturated heterocycles. The third kappa shape index (κ3) is 25.8. The summed E-state index contributed by atoms with van der Waals surface area (Å²) < 4.78 is 18.1.